The molecule has 1 aliphatic heterocycles. The molecule has 1 aromatic heterocycles. The number of anilines is 1. The fourth-order valence-electron chi connectivity index (χ4n) is 4.07. The number of nitro benzene ring substituents is 1. The highest BCUT2D eigenvalue weighted by Gasteiger charge is 2.42. The van der Waals surface area contributed by atoms with Crippen LogP contribution in [0.3, 0.4) is 0 Å². The van der Waals surface area contributed by atoms with Crippen molar-refractivity contribution in [2.45, 2.75) is 25.2 Å². The van der Waals surface area contributed by atoms with Crippen LogP contribution in [0.1, 0.15) is 30.1 Å². The van der Waals surface area contributed by atoms with Crippen molar-refractivity contribution in [2.75, 3.05) is 4.90 Å². The molecule has 0 saturated heterocycles. The van der Waals surface area contributed by atoms with E-state index >= 15 is 0 Å². The van der Waals surface area contributed by atoms with Crippen molar-refractivity contribution in [3.63, 3.8) is 0 Å². The molecule has 0 unspecified atom stereocenters. The molecule has 0 saturated carbocycles. The Morgan fingerprint density at radius 1 is 1.19 bits per heavy atom. The van der Waals surface area contributed by atoms with Crippen LogP contribution < -0.4 is 10.6 Å². The first-order valence-corrected chi connectivity index (χ1v) is 10.6. The van der Waals surface area contributed by atoms with E-state index in [1.54, 1.807) is 0 Å². The largest absolute Gasteiger partial charge is 0.384 e. The Balaban J connectivity index is 1.99. The lowest BCUT2D eigenvalue weighted by Gasteiger charge is -2.38. The minimum absolute atomic E-state index is 0.00000378. The van der Waals surface area contributed by atoms with Crippen LogP contribution in [0.15, 0.2) is 53.0 Å². The van der Waals surface area contributed by atoms with Gasteiger partial charge in [-0.25, -0.2) is 0 Å². The summed E-state index contributed by atoms with van der Waals surface area (Å²) in [6.45, 7) is 0. The maximum Gasteiger partial charge on any atom is 0.324 e. The molecule has 4 rings (SSSR count). The smallest absolute Gasteiger partial charge is 0.324 e. The summed E-state index contributed by atoms with van der Waals surface area (Å²) in [6, 6.07) is 8.90. The topological polar surface area (TPSA) is 156 Å². The van der Waals surface area contributed by atoms with Crippen molar-refractivity contribution in [1.82, 2.24) is 0 Å². The Morgan fingerprint density at radius 3 is 2.56 bits per heavy atom. The molecule has 2 aliphatic rings. The summed E-state index contributed by atoms with van der Waals surface area (Å²) >= 11 is 6.81. The summed E-state index contributed by atoms with van der Waals surface area (Å²) in [5, 5.41) is 32.8. The number of carbonyl (C=O) groups is 1. The van der Waals surface area contributed by atoms with Crippen molar-refractivity contribution < 1.29 is 14.6 Å². The van der Waals surface area contributed by atoms with Crippen molar-refractivity contribution in [1.29, 1.82) is 5.26 Å². The number of carbonyl (C=O) groups excluding carboxylic acids is 1. The Hall–Kier alpha value is -3.75. The molecule has 0 radical (unpaired) electrons. The van der Waals surface area contributed by atoms with Crippen molar-refractivity contribution >= 4 is 45.1 Å². The molecule has 0 spiro atoms. The van der Waals surface area contributed by atoms with Crippen LogP contribution in [0.2, 0.25) is 5.02 Å². The number of halogens is 1. The molecule has 2 heterocycles. The summed E-state index contributed by atoms with van der Waals surface area (Å²) in [4.78, 5) is 36.6. The van der Waals surface area contributed by atoms with E-state index in [0.717, 1.165) is 11.3 Å². The van der Waals surface area contributed by atoms with Crippen LogP contribution in [-0.4, -0.2) is 15.6 Å². The summed E-state index contributed by atoms with van der Waals surface area (Å²) in [7, 11) is 0. The van der Waals surface area contributed by atoms with E-state index in [1.165, 1.54) is 35.2 Å². The predicted octanol–water partition coefficient (Wildman–Crippen LogP) is 4.52. The van der Waals surface area contributed by atoms with Gasteiger partial charge in [-0.15, -0.1) is 0 Å². The number of Topliss-reactive ketones (excluding diaryl/α,β-unsaturated/α-hetero) is 1. The van der Waals surface area contributed by atoms with Gasteiger partial charge < -0.3 is 5.73 Å². The van der Waals surface area contributed by atoms with Crippen LogP contribution in [-0.2, 0) is 4.79 Å². The van der Waals surface area contributed by atoms with Gasteiger partial charge in [0.25, 0.3) is 5.69 Å². The minimum Gasteiger partial charge on any atom is -0.384 e. The first-order chi connectivity index (χ1) is 15.2. The van der Waals surface area contributed by atoms with E-state index in [9.17, 15) is 30.3 Å². The Labute approximate surface area is 190 Å². The normalized spacial score (nSPS) is 18.4. The SMILES string of the molecule is N#CC1=C(N)N(c2ccc(Cl)cc2[N+](=O)[O-])C2=C(C(=O)CCC2)[C@H]1c1ccc([N+](=O)[O-])s1. The number of nitriles is 1. The summed E-state index contributed by atoms with van der Waals surface area (Å²) in [6.07, 6.45) is 1.13. The molecule has 162 valence electrons. The molecule has 32 heavy (non-hydrogen) atoms. The van der Waals surface area contributed by atoms with Gasteiger partial charge in [-0.3, -0.25) is 29.9 Å². The van der Waals surface area contributed by atoms with E-state index in [4.69, 9.17) is 17.3 Å². The minimum atomic E-state index is -0.871. The van der Waals surface area contributed by atoms with Crippen molar-refractivity contribution in [2.24, 2.45) is 5.73 Å². The molecular weight excluding hydrogens is 458 g/mol. The van der Waals surface area contributed by atoms with Crippen LogP contribution >= 0.6 is 22.9 Å². The van der Waals surface area contributed by atoms with E-state index in [0.29, 0.717) is 23.4 Å². The van der Waals surface area contributed by atoms with Crippen molar-refractivity contribution in [3.8, 4) is 6.07 Å². The molecule has 0 amide bonds. The van der Waals surface area contributed by atoms with Crippen LogP contribution in [0.5, 0.6) is 0 Å². The van der Waals surface area contributed by atoms with Crippen LogP contribution in [0.25, 0.3) is 0 Å². The Kier molecular flexibility index (Phi) is 5.41. The lowest BCUT2D eigenvalue weighted by Crippen LogP contribution is -2.38. The van der Waals surface area contributed by atoms with Gasteiger partial charge in [0.05, 0.1) is 27.4 Å². The van der Waals surface area contributed by atoms with Gasteiger partial charge in [-0.05, 0) is 31.0 Å². The van der Waals surface area contributed by atoms with E-state index in [1.807, 2.05) is 6.07 Å². The van der Waals surface area contributed by atoms with Gasteiger partial charge in [-0.2, -0.15) is 5.26 Å². The van der Waals surface area contributed by atoms with Gasteiger partial charge in [0.2, 0.25) is 0 Å². The first-order valence-electron chi connectivity index (χ1n) is 9.38. The average molecular weight is 472 g/mol. The lowest BCUT2D eigenvalue weighted by atomic mass is 9.78. The fourth-order valence-corrected chi connectivity index (χ4v) is 5.18. The molecule has 0 bridgehead atoms. The third-order valence-electron chi connectivity index (χ3n) is 5.37. The number of nitro groups is 2. The highest BCUT2D eigenvalue weighted by molar-refractivity contribution is 7.15. The third-order valence-corrected chi connectivity index (χ3v) is 6.70. The Bertz CT molecular complexity index is 1290. The van der Waals surface area contributed by atoms with E-state index in [2.05, 4.69) is 0 Å². The monoisotopic (exact) mass is 471 g/mol. The quantitative estimate of drug-likeness (QED) is 0.503. The number of nitrogens with zero attached hydrogens (tertiary/aromatic N) is 4. The predicted molar refractivity (Wildman–Crippen MR) is 117 cm³/mol. The number of hydrogen-bond acceptors (Lipinski definition) is 9. The van der Waals surface area contributed by atoms with Gasteiger partial charge in [-0.1, -0.05) is 22.9 Å². The zero-order chi connectivity index (χ0) is 23.2. The Morgan fingerprint density at radius 2 is 1.94 bits per heavy atom. The molecular formula is C20H14ClN5O5S. The molecule has 2 aromatic rings. The number of thiophene rings is 1. The van der Waals surface area contributed by atoms with Gasteiger partial charge >= 0.3 is 5.00 Å². The maximum atomic E-state index is 13.0. The van der Waals surface area contributed by atoms with E-state index in [-0.39, 0.29) is 50.6 Å². The molecule has 1 aliphatic carbocycles. The van der Waals surface area contributed by atoms with Gasteiger partial charge in [0, 0.05) is 39.7 Å². The summed E-state index contributed by atoms with van der Waals surface area (Å²) < 4.78 is 0. The standard InChI is InChI=1S/C20H14ClN5O5S/c21-10-4-5-12(14(8-10)25(28)29)24-13-2-1-3-15(27)19(13)18(11(9-22)20(24)23)16-6-7-17(32-16)26(30)31/h4-8,18H,1-3,23H2/t18-/m1/s1. The zero-order valence-electron chi connectivity index (χ0n) is 16.3. The molecule has 2 N–H and O–H groups in total. The molecule has 1 aromatic carbocycles. The van der Waals surface area contributed by atoms with Crippen LogP contribution in [0, 0.1) is 31.6 Å². The number of allylic oxidation sites excluding steroid dienone is 3. The molecule has 10 nitrogen and oxygen atoms in total. The third kappa shape index (κ3) is 3.39. The number of nitrogens with two attached hydrogens (primary N) is 1. The summed E-state index contributed by atoms with van der Waals surface area (Å²) in [5.41, 5.74) is 6.86. The maximum absolute atomic E-state index is 13.0. The second-order valence-electron chi connectivity index (χ2n) is 7.14. The van der Waals surface area contributed by atoms with Gasteiger partial charge in [0.15, 0.2) is 5.78 Å². The second kappa shape index (κ2) is 8.07. The van der Waals surface area contributed by atoms with E-state index < -0.39 is 15.8 Å². The molecule has 0 fully saturated rings. The molecule has 1 atom stereocenters. The molecule has 12 heteroatoms. The average Bonchev–Trinajstić information content (AvgIpc) is 3.24. The highest BCUT2D eigenvalue weighted by Crippen LogP contribution is 2.49. The lowest BCUT2D eigenvalue weighted by molar-refractivity contribution is -0.384. The van der Waals surface area contributed by atoms with Crippen LogP contribution in [0.4, 0.5) is 16.4 Å². The number of hydrogen-bond donors (Lipinski definition) is 1. The fraction of sp³-hybridized carbons (Fsp3) is 0.200. The van der Waals surface area contributed by atoms with Crippen molar-refractivity contribution in [3.05, 3.63) is 83.1 Å². The second-order valence-corrected chi connectivity index (χ2v) is 8.67. The van der Waals surface area contributed by atoms with Gasteiger partial charge in [0.1, 0.15) is 11.5 Å². The number of benzene rings is 1. The first kappa shape index (κ1) is 21.5. The number of ketones is 1. The summed E-state index contributed by atoms with van der Waals surface area (Å²) in [5.74, 6) is -1.16. The number of rotatable bonds is 4. The highest BCUT2D eigenvalue weighted by atomic mass is 35.5. The zero-order valence-corrected chi connectivity index (χ0v) is 17.9.